The molecule has 0 aliphatic heterocycles. The summed E-state index contributed by atoms with van der Waals surface area (Å²) in [6, 6.07) is 4.17. The van der Waals surface area contributed by atoms with E-state index in [9.17, 15) is 18.0 Å². The Morgan fingerprint density at radius 1 is 1.33 bits per heavy atom. The molecule has 4 nitrogen and oxygen atoms in total. The molecule has 0 saturated heterocycles. The Labute approximate surface area is 99.9 Å². The van der Waals surface area contributed by atoms with Crippen LogP contribution >= 0.6 is 0 Å². The van der Waals surface area contributed by atoms with Crippen molar-refractivity contribution in [1.29, 1.82) is 0 Å². The van der Waals surface area contributed by atoms with Crippen molar-refractivity contribution >= 4 is 10.9 Å². The predicted octanol–water partition coefficient (Wildman–Crippen LogP) is 1.46. The molecule has 1 aromatic heterocycles. The van der Waals surface area contributed by atoms with Crippen molar-refractivity contribution in [1.82, 2.24) is 9.55 Å². The van der Waals surface area contributed by atoms with Crippen LogP contribution in [0.3, 0.4) is 0 Å². The monoisotopic (exact) mass is 257 g/mol. The first-order valence-electron chi connectivity index (χ1n) is 5.18. The van der Waals surface area contributed by atoms with E-state index in [1.54, 1.807) is 18.2 Å². The maximum absolute atomic E-state index is 12.7. The molecule has 2 N–H and O–H groups in total. The molecular weight excluding hydrogens is 247 g/mol. The van der Waals surface area contributed by atoms with E-state index < -0.39 is 24.3 Å². The Kier molecular flexibility index (Phi) is 3.08. The zero-order chi connectivity index (χ0) is 13.3. The van der Waals surface area contributed by atoms with E-state index in [2.05, 4.69) is 4.98 Å². The van der Waals surface area contributed by atoms with E-state index in [1.165, 1.54) is 6.07 Å². The van der Waals surface area contributed by atoms with Gasteiger partial charge in [0, 0.05) is 6.54 Å². The third kappa shape index (κ3) is 2.08. The van der Waals surface area contributed by atoms with E-state index in [-0.39, 0.29) is 5.39 Å². The third-order valence-electron chi connectivity index (χ3n) is 2.63. The van der Waals surface area contributed by atoms with E-state index in [0.717, 1.165) is 6.33 Å². The van der Waals surface area contributed by atoms with Crippen molar-refractivity contribution in [3.05, 3.63) is 40.9 Å². The molecule has 7 heteroatoms. The lowest BCUT2D eigenvalue weighted by atomic mass is 10.2. The van der Waals surface area contributed by atoms with Crippen LogP contribution in [0.25, 0.3) is 10.9 Å². The van der Waals surface area contributed by atoms with Gasteiger partial charge in [0.2, 0.25) is 0 Å². The van der Waals surface area contributed by atoms with Crippen LogP contribution in [-0.4, -0.2) is 22.3 Å². The Balaban J connectivity index is 2.66. The highest BCUT2D eigenvalue weighted by molar-refractivity contribution is 5.76. The minimum absolute atomic E-state index is 0.141. The fourth-order valence-electron chi connectivity index (χ4n) is 1.71. The molecule has 1 heterocycles. The minimum atomic E-state index is -4.58. The number of nitrogens with zero attached hydrogens (tertiary/aromatic N) is 2. The summed E-state index contributed by atoms with van der Waals surface area (Å²) in [5.74, 6) is 0. The van der Waals surface area contributed by atoms with Gasteiger partial charge in [0.1, 0.15) is 6.04 Å². The van der Waals surface area contributed by atoms with Gasteiger partial charge in [0.15, 0.2) is 0 Å². The van der Waals surface area contributed by atoms with Crippen LogP contribution in [0.4, 0.5) is 13.2 Å². The number of para-hydroxylation sites is 1. The summed E-state index contributed by atoms with van der Waals surface area (Å²) in [4.78, 5) is 15.8. The maximum Gasteiger partial charge on any atom is 0.410 e. The average molecular weight is 257 g/mol. The van der Waals surface area contributed by atoms with Gasteiger partial charge in [-0.15, -0.1) is 0 Å². The molecule has 2 rings (SSSR count). The second kappa shape index (κ2) is 4.41. The zero-order valence-corrected chi connectivity index (χ0v) is 9.19. The smallest absolute Gasteiger partial charge is 0.328 e. The van der Waals surface area contributed by atoms with Crippen LogP contribution in [0.2, 0.25) is 0 Å². The highest BCUT2D eigenvalue weighted by Crippen LogP contribution is 2.28. The fourth-order valence-corrected chi connectivity index (χ4v) is 1.71. The number of rotatable bonds is 2. The van der Waals surface area contributed by atoms with Crippen LogP contribution in [0.15, 0.2) is 35.4 Å². The number of alkyl halides is 3. The quantitative estimate of drug-likeness (QED) is 0.886. The van der Waals surface area contributed by atoms with E-state index in [1.807, 2.05) is 0 Å². The number of nitrogens with two attached hydrogens (primary N) is 1. The average Bonchev–Trinajstić information content (AvgIpc) is 2.32. The SMILES string of the molecule is NCC(n1cnc2ccccc2c1=O)C(F)(F)F. The lowest BCUT2D eigenvalue weighted by molar-refractivity contribution is -0.165. The summed E-state index contributed by atoms with van der Waals surface area (Å²) in [6.45, 7) is -0.705. The summed E-state index contributed by atoms with van der Waals surface area (Å²) in [5, 5.41) is 0.141. The predicted molar refractivity (Wildman–Crippen MR) is 60.1 cm³/mol. The van der Waals surface area contributed by atoms with Gasteiger partial charge in [0.25, 0.3) is 5.56 Å². The van der Waals surface area contributed by atoms with Gasteiger partial charge in [-0.3, -0.25) is 9.36 Å². The Morgan fingerprint density at radius 2 is 2.00 bits per heavy atom. The van der Waals surface area contributed by atoms with E-state index >= 15 is 0 Å². The van der Waals surface area contributed by atoms with Crippen LogP contribution in [0, 0.1) is 0 Å². The minimum Gasteiger partial charge on any atom is -0.328 e. The molecule has 0 spiro atoms. The van der Waals surface area contributed by atoms with E-state index in [4.69, 9.17) is 5.73 Å². The van der Waals surface area contributed by atoms with Gasteiger partial charge >= 0.3 is 6.18 Å². The molecule has 1 unspecified atom stereocenters. The molecule has 0 aliphatic carbocycles. The van der Waals surface area contributed by atoms with Crippen molar-refractivity contribution in [2.75, 3.05) is 6.54 Å². The van der Waals surface area contributed by atoms with Crippen LogP contribution in [0.5, 0.6) is 0 Å². The zero-order valence-electron chi connectivity index (χ0n) is 9.19. The molecule has 2 aromatic rings. The van der Waals surface area contributed by atoms with Gasteiger partial charge in [-0.25, -0.2) is 4.98 Å². The number of hydrogen-bond donors (Lipinski definition) is 1. The lowest BCUT2D eigenvalue weighted by Crippen LogP contribution is -2.39. The summed E-state index contributed by atoms with van der Waals surface area (Å²) in [7, 11) is 0. The van der Waals surface area contributed by atoms with Crippen molar-refractivity contribution in [3.63, 3.8) is 0 Å². The molecule has 1 atom stereocenters. The number of fused-ring (bicyclic) bond motifs is 1. The number of aromatic nitrogens is 2. The molecule has 0 aliphatic rings. The molecule has 0 bridgehead atoms. The summed E-state index contributed by atoms with van der Waals surface area (Å²) >= 11 is 0. The Morgan fingerprint density at radius 3 is 2.61 bits per heavy atom. The third-order valence-corrected chi connectivity index (χ3v) is 2.63. The lowest BCUT2D eigenvalue weighted by Gasteiger charge is -2.20. The standard InChI is InChI=1S/C11H10F3N3O/c12-11(13,14)9(5-15)17-6-16-8-4-2-1-3-7(8)10(17)18/h1-4,6,9H,5,15H2. The highest BCUT2D eigenvalue weighted by Gasteiger charge is 2.40. The topological polar surface area (TPSA) is 60.9 Å². The Bertz CT molecular complexity index is 621. The first-order valence-corrected chi connectivity index (χ1v) is 5.18. The number of halogens is 3. The normalized spacial score (nSPS) is 13.8. The Hall–Kier alpha value is -1.89. The summed E-state index contributed by atoms with van der Waals surface area (Å²) in [5.41, 5.74) is 4.71. The molecule has 0 saturated carbocycles. The van der Waals surface area contributed by atoms with Crippen LogP contribution in [0.1, 0.15) is 6.04 Å². The first-order chi connectivity index (χ1) is 8.45. The highest BCUT2D eigenvalue weighted by atomic mass is 19.4. The maximum atomic E-state index is 12.7. The van der Waals surface area contributed by atoms with Crippen molar-refractivity contribution < 1.29 is 13.2 Å². The van der Waals surface area contributed by atoms with Gasteiger partial charge < -0.3 is 5.73 Å². The van der Waals surface area contributed by atoms with Crippen molar-refractivity contribution in [2.45, 2.75) is 12.2 Å². The molecule has 0 amide bonds. The second-order valence-electron chi connectivity index (χ2n) is 3.77. The van der Waals surface area contributed by atoms with Crippen molar-refractivity contribution in [2.24, 2.45) is 5.73 Å². The summed E-state index contributed by atoms with van der Waals surface area (Å²) in [6.07, 6.45) is -3.70. The van der Waals surface area contributed by atoms with Crippen LogP contribution in [-0.2, 0) is 0 Å². The summed E-state index contributed by atoms with van der Waals surface area (Å²) < 4.78 is 38.7. The van der Waals surface area contributed by atoms with Gasteiger partial charge in [-0.05, 0) is 12.1 Å². The fraction of sp³-hybridized carbons (Fsp3) is 0.273. The van der Waals surface area contributed by atoms with Gasteiger partial charge in [0.05, 0.1) is 17.2 Å². The molecule has 18 heavy (non-hydrogen) atoms. The number of hydrogen-bond acceptors (Lipinski definition) is 3. The largest absolute Gasteiger partial charge is 0.410 e. The second-order valence-corrected chi connectivity index (χ2v) is 3.77. The first kappa shape index (κ1) is 12.6. The van der Waals surface area contributed by atoms with E-state index in [0.29, 0.717) is 10.1 Å². The molecule has 0 radical (unpaired) electrons. The van der Waals surface area contributed by atoms with Gasteiger partial charge in [-0.2, -0.15) is 13.2 Å². The molecular formula is C11H10F3N3O. The van der Waals surface area contributed by atoms with Crippen LogP contribution < -0.4 is 11.3 Å². The number of benzene rings is 1. The molecule has 96 valence electrons. The van der Waals surface area contributed by atoms with Gasteiger partial charge in [-0.1, -0.05) is 12.1 Å². The van der Waals surface area contributed by atoms with Crippen molar-refractivity contribution in [3.8, 4) is 0 Å². The molecule has 1 aromatic carbocycles. The molecule has 0 fully saturated rings.